The van der Waals surface area contributed by atoms with E-state index in [4.69, 9.17) is 5.14 Å². The van der Waals surface area contributed by atoms with Crippen molar-refractivity contribution in [3.05, 3.63) is 52.6 Å². The van der Waals surface area contributed by atoms with Gasteiger partial charge in [-0.3, -0.25) is 10.1 Å². The normalized spacial score (nSPS) is 17.2. The summed E-state index contributed by atoms with van der Waals surface area (Å²) in [5, 5.41) is 23.2. The van der Waals surface area contributed by atoms with Crippen LogP contribution in [-0.4, -0.2) is 32.5 Å². The molecule has 0 saturated carbocycles. The van der Waals surface area contributed by atoms with Gasteiger partial charge < -0.3 is 10.6 Å². The molecule has 0 aliphatic carbocycles. The molecule has 1 saturated heterocycles. The maximum atomic E-state index is 12.0. The fraction of sp³-hybridized carbons (Fsp3) is 0.250. The standard InChI is InChI=1S/C16H18N4O4S2/c17-26(23,24)14-7-6-13(25-12-4-2-1-3-5-12)16(20(21)22)15(14)19-11-8-9-18-10-11/h1-7,11,18-19H,8-10H2,(H2,17,23,24). The van der Waals surface area contributed by atoms with E-state index in [1.165, 1.54) is 23.9 Å². The zero-order chi connectivity index (χ0) is 18.7. The molecule has 1 fully saturated rings. The van der Waals surface area contributed by atoms with E-state index < -0.39 is 14.9 Å². The van der Waals surface area contributed by atoms with Crippen molar-refractivity contribution in [1.82, 2.24) is 5.32 Å². The molecule has 1 atom stereocenters. The topological polar surface area (TPSA) is 127 Å². The van der Waals surface area contributed by atoms with Gasteiger partial charge in [-0.05, 0) is 37.2 Å². The van der Waals surface area contributed by atoms with Gasteiger partial charge in [0.1, 0.15) is 10.6 Å². The largest absolute Gasteiger partial charge is 0.374 e. The van der Waals surface area contributed by atoms with Gasteiger partial charge in [-0.15, -0.1) is 0 Å². The van der Waals surface area contributed by atoms with Crippen LogP contribution in [0.1, 0.15) is 6.42 Å². The lowest BCUT2D eigenvalue weighted by Crippen LogP contribution is -2.25. The first-order chi connectivity index (χ1) is 12.4. The average molecular weight is 394 g/mol. The Bertz CT molecular complexity index is 913. The zero-order valence-corrected chi connectivity index (χ0v) is 15.3. The van der Waals surface area contributed by atoms with Crippen LogP contribution in [0.4, 0.5) is 11.4 Å². The van der Waals surface area contributed by atoms with Gasteiger partial charge in [0.25, 0.3) is 0 Å². The monoisotopic (exact) mass is 394 g/mol. The number of anilines is 1. The predicted octanol–water partition coefficient (Wildman–Crippen LogP) is 2.17. The van der Waals surface area contributed by atoms with Crippen LogP contribution >= 0.6 is 11.8 Å². The Morgan fingerprint density at radius 3 is 2.54 bits per heavy atom. The number of primary sulfonamides is 1. The first-order valence-electron chi connectivity index (χ1n) is 7.90. The first-order valence-corrected chi connectivity index (χ1v) is 10.3. The van der Waals surface area contributed by atoms with Gasteiger partial charge in [-0.25, -0.2) is 13.6 Å². The van der Waals surface area contributed by atoms with Gasteiger partial charge in [-0.1, -0.05) is 30.0 Å². The number of nitrogens with one attached hydrogen (secondary N) is 2. The van der Waals surface area contributed by atoms with Crippen LogP contribution in [-0.2, 0) is 10.0 Å². The van der Waals surface area contributed by atoms with Gasteiger partial charge in [0, 0.05) is 17.5 Å². The highest BCUT2D eigenvalue weighted by Crippen LogP contribution is 2.42. The first kappa shape index (κ1) is 18.6. The molecule has 1 aliphatic rings. The second kappa shape index (κ2) is 7.62. The highest BCUT2D eigenvalue weighted by Gasteiger charge is 2.30. The lowest BCUT2D eigenvalue weighted by Gasteiger charge is -2.17. The summed E-state index contributed by atoms with van der Waals surface area (Å²) in [5.41, 5.74) is -0.329. The maximum Gasteiger partial charge on any atom is 0.307 e. The molecule has 0 amide bonds. The van der Waals surface area contributed by atoms with Crippen LogP contribution < -0.4 is 15.8 Å². The van der Waals surface area contributed by atoms with Gasteiger partial charge in [0.15, 0.2) is 0 Å². The Kier molecular flexibility index (Phi) is 5.47. The van der Waals surface area contributed by atoms with Crippen LogP contribution in [0.25, 0.3) is 0 Å². The molecule has 1 aliphatic heterocycles. The maximum absolute atomic E-state index is 12.0. The minimum absolute atomic E-state index is 0.0490. The summed E-state index contributed by atoms with van der Waals surface area (Å²) >= 11 is 1.20. The van der Waals surface area contributed by atoms with Crippen molar-refractivity contribution in [2.75, 3.05) is 18.4 Å². The second-order valence-electron chi connectivity index (χ2n) is 5.84. The summed E-state index contributed by atoms with van der Waals surface area (Å²) in [7, 11) is -4.12. The summed E-state index contributed by atoms with van der Waals surface area (Å²) in [4.78, 5) is 12.1. The molecule has 0 spiro atoms. The number of sulfonamides is 1. The zero-order valence-electron chi connectivity index (χ0n) is 13.7. The third-order valence-electron chi connectivity index (χ3n) is 3.97. The Morgan fingerprint density at radius 2 is 1.96 bits per heavy atom. The van der Waals surface area contributed by atoms with Crippen molar-refractivity contribution >= 4 is 33.2 Å². The fourth-order valence-electron chi connectivity index (χ4n) is 2.79. The molecule has 2 aromatic rings. The summed E-state index contributed by atoms with van der Waals surface area (Å²) < 4.78 is 23.9. The highest BCUT2D eigenvalue weighted by atomic mass is 32.2. The van der Waals surface area contributed by atoms with Gasteiger partial charge in [0.2, 0.25) is 10.0 Å². The minimum atomic E-state index is -4.12. The van der Waals surface area contributed by atoms with Crippen molar-refractivity contribution in [3.63, 3.8) is 0 Å². The molecule has 0 radical (unpaired) electrons. The van der Waals surface area contributed by atoms with Gasteiger partial charge in [-0.2, -0.15) is 0 Å². The molecule has 1 unspecified atom stereocenters. The Hall–Kier alpha value is -2.14. The van der Waals surface area contributed by atoms with E-state index in [0.717, 1.165) is 17.9 Å². The molecule has 3 rings (SSSR count). The third kappa shape index (κ3) is 4.15. The van der Waals surface area contributed by atoms with Crippen molar-refractivity contribution in [3.8, 4) is 0 Å². The molecule has 26 heavy (non-hydrogen) atoms. The third-order valence-corrected chi connectivity index (χ3v) is 5.98. The lowest BCUT2D eigenvalue weighted by atomic mass is 10.2. The summed E-state index contributed by atoms with van der Waals surface area (Å²) in [5.74, 6) is 0. The number of nitrogens with zero attached hydrogens (tertiary/aromatic N) is 1. The summed E-state index contributed by atoms with van der Waals surface area (Å²) in [6.07, 6.45) is 0.733. The number of rotatable bonds is 6. The minimum Gasteiger partial charge on any atom is -0.374 e. The number of nitro benzene ring substituents is 1. The van der Waals surface area contributed by atoms with E-state index in [1.54, 1.807) is 0 Å². The highest BCUT2D eigenvalue weighted by molar-refractivity contribution is 7.99. The van der Waals surface area contributed by atoms with E-state index >= 15 is 0 Å². The smallest absolute Gasteiger partial charge is 0.307 e. The van der Waals surface area contributed by atoms with E-state index in [2.05, 4.69) is 10.6 Å². The van der Waals surface area contributed by atoms with Gasteiger partial charge in [0.05, 0.1) is 9.82 Å². The van der Waals surface area contributed by atoms with Crippen LogP contribution in [0.5, 0.6) is 0 Å². The van der Waals surface area contributed by atoms with Crippen molar-refractivity contribution in [2.45, 2.75) is 27.1 Å². The number of hydrogen-bond donors (Lipinski definition) is 3. The average Bonchev–Trinajstić information content (AvgIpc) is 3.07. The van der Waals surface area contributed by atoms with Crippen molar-refractivity contribution in [2.24, 2.45) is 5.14 Å². The quantitative estimate of drug-likeness (QED) is 0.506. The molecule has 1 heterocycles. The number of nitro groups is 1. The van der Waals surface area contributed by atoms with E-state index in [0.29, 0.717) is 11.4 Å². The van der Waals surface area contributed by atoms with E-state index in [1.807, 2.05) is 30.3 Å². The molecule has 0 aromatic heterocycles. The fourth-order valence-corrected chi connectivity index (χ4v) is 4.45. The molecule has 8 nitrogen and oxygen atoms in total. The van der Waals surface area contributed by atoms with E-state index in [9.17, 15) is 18.5 Å². The van der Waals surface area contributed by atoms with Crippen LogP contribution in [0.3, 0.4) is 0 Å². The molecule has 10 heteroatoms. The van der Waals surface area contributed by atoms with Crippen molar-refractivity contribution < 1.29 is 13.3 Å². The Labute approximate surface area is 155 Å². The molecular formula is C16H18N4O4S2. The molecule has 4 N–H and O–H groups in total. The molecule has 0 bridgehead atoms. The van der Waals surface area contributed by atoms with Gasteiger partial charge >= 0.3 is 5.69 Å². The number of hydrogen-bond acceptors (Lipinski definition) is 7. The van der Waals surface area contributed by atoms with E-state index in [-0.39, 0.29) is 22.3 Å². The van der Waals surface area contributed by atoms with Crippen molar-refractivity contribution in [1.29, 1.82) is 0 Å². The molecule has 2 aromatic carbocycles. The van der Waals surface area contributed by atoms with Crippen LogP contribution in [0, 0.1) is 10.1 Å². The second-order valence-corrected chi connectivity index (χ2v) is 8.48. The van der Waals surface area contributed by atoms with Crippen LogP contribution in [0.15, 0.2) is 57.2 Å². The number of nitrogens with two attached hydrogens (primary N) is 1. The Morgan fingerprint density at radius 1 is 1.23 bits per heavy atom. The summed E-state index contributed by atoms with van der Waals surface area (Å²) in [6.45, 7) is 1.35. The summed E-state index contributed by atoms with van der Waals surface area (Å²) in [6, 6.07) is 11.8. The molecular weight excluding hydrogens is 376 g/mol. The Balaban J connectivity index is 2.12. The SMILES string of the molecule is NS(=O)(=O)c1ccc(Sc2ccccc2)c([N+](=O)[O-])c1NC1CCNC1. The lowest BCUT2D eigenvalue weighted by molar-refractivity contribution is -0.387. The number of benzene rings is 2. The predicted molar refractivity (Wildman–Crippen MR) is 99.9 cm³/mol. The molecule has 138 valence electrons. The van der Waals surface area contributed by atoms with Crippen LogP contribution in [0.2, 0.25) is 0 Å².